The first-order valence-electron chi connectivity index (χ1n) is 9.01. The molecule has 0 bridgehead atoms. The van der Waals surface area contributed by atoms with Crippen molar-refractivity contribution in [1.29, 1.82) is 0 Å². The Balaban J connectivity index is 0.00000240. The van der Waals surface area contributed by atoms with Crippen LogP contribution in [0.2, 0.25) is 0 Å². The smallest absolute Gasteiger partial charge is 0.230 e. The fourth-order valence-corrected chi connectivity index (χ4v) is 3.98. The number of nitrogens with zero attached hydrogens (tertiary/aromatic N) is 2. The van der Waals surface area contributed by atoms with Gasteiger partial charge in [-0.25, -0.2) is 4.98 Å². The number of aromatic nitrogens is 2. The van der Waals surface area contributed by atoms with Crippen LogP contribution in [0.1, 0.15) is 16.8 Å². The first-order valence-corrected chi connectivity index (χ1v) is 9.89. The molecule has 150 valence electrons. The number of hydrogen-bond donors (Lipinski definition) is 1. The van der Waals surface area contributed by atoms with Gasteiger partial charge < -0.3 is 10.1 Å². The number of benzene rings is 2. The molecule has 4 aromatic rings. The van der Waals surface area contributed by atoms with Crippen LogP contribution in [-0.2, 0) is 11.2 Å². The van der Waals surface area contributed by atoms with Gasteiger partial charge in [-0.15, -0.1) is 23.7 Å². The van der Waals surface area contributed by atoms with E-state index in [-0.39, 0.29) is 18.3 Å². The molecular formula is C22H22ClN3O2S. The lowest BCUT2D eigenvalue weighted by Crippen LogP contribution is -2.16. The second kappa shape index (κ2) is 8.68. The van der Waals surface area contributed by atoms with Crippen LogP contribution < -0.4 is 10.1 Å². The van der Waals surface area contributed by atoms with Crippen molar-refractivity contribution in [3.63, 3.8) is 0 Å². The summed E-state index contributed by atoms with van der Waals surface area (Å²) in [6.07, 6.45) is 2.28. The van der Waals surface area contributed by atoms with E-state index >= 15 is 0 Å². The van der Waals surface area contributed by atoms with Crippen molar-refractivity contribution in [2.45, 2.75) is 20.3 Å². The number of halogens is 1. The predicted octanol–water partition coefficient (Wildman–Crippen LogP) is 5.29. The van der Waals surface area contributed by atoms with Crippen LogP contribution in [0.3, 0.4) is 0 Å². The predicted molar refractivity (Wildman–Crippen MR) is 121 cm³/mol. The van der Waals surface area contributed by atoms with Gasteiger partial charge in [0.05, 0.1) is 19.2 Å². The van der Waals surface area contributed by atoms with Gasteiger partial charge in [-0.1, -0.05) is 12.1 Å². The summed E-state index contributed by atoms with van der Waals surface area (Å²) in [4.78, 5) is 18.1. The number of thiazole rings is 1. The highest BCUT2D eigenvalue weighted by Gasteiger charge is 2.13. The number of carbonyl (C=O) groups is 1. The topological polar surface area (TPSA) is 55.6 Å². The van der Waals surface area contributed by atoms with E-state index in [2.05, 4.69) is 10.3 Å². The zero-order chi connectivity index (χ0) is 19.7. The second-order valence-electron chi connectivity index (χ2n) is 6.71. The van der Waals surface area contributed by atoms with Gasteiger partial charge in [-0.2, -0.15) is 0 Å². The highest BCUT2D eigenvalue weighted by Crippen LogP contribution is 2.26. The van der Waals surface area contributed by atoms with Crippen molar-refractivity contribution in [1.82, 2.24) is 9.38 Å². The van der Waals surface area contributed by atoms with Crippen LogP contribution >= 0.6 is 23.7 Å². The Labute approximate surface area is 179 Å². The minimum atomic E-state index is -0.0342. The third-order valence-electron chi connectivity index (χ3n) is 4.89. The molecular weight excluding hydrogens is 406 g/mol. The van der Waals surface area contributed by atoms with Crippen molar-refractivity contribution < 1.29 is 9.53 Å². The number of carbonyl (C=O) groups excluding carboxylic acids is 1. The molecule has 0 aliphatic heterocycles. The average molecular weight is 428 g/mol. The number of ether oxygens (including phenoxy) is 1. The summed E-state index contributed by atoms with van der Waals surface area (Å²) in [6, 6.07) is 13.7. The Kier molecular flexibility index (Phi) is 6.25. The molecule has 2 aromatic carbocycles. The first kappa shape index (κ1) is 20.9. The molecule has 4 rings (SSSR count). The summed E-state index contributed by atoms with van der Waals surface area (Å²) >= 11 is 1.54. The van der Waals surface area contributed by atoms with Crippen LogP contribution in [0.25, 0.3) is 16.2 Å². The highest BCUT2D eigenvalue weighted by atomic mass is 35.5. The van der Waals surface area contributed by atoms with E-state index in [1.807, 2.05) is 72.3 Å². The van der Waals surface area contributed by atoms with Crippen molar-refractivity contribution in [2.75, 3.05) is 12.4 Å². The maximum absolute atomic E-state index is 12.6. The van der Waals surface area contributed by atoms with Crippen LogP contribution in [0, 0.1) is 13.8 Å². The largest absolute Gasteiger partial charge is 0.497 e. The van der Waals surface area contributed by atoms with E-state index in [0.29, 0.717) is 6.42 Å². The summed E-state index contributed by atoms with van der Waals surface area (Å²) in [5.41, 5.74) is 5.94. The number of hydrogen-bond acceptors (Lipinski definition) is 4. The standard InChI is InChI=1S/C22H21N3O2S.ClH/c1-14-5-4-6-19(15(14)2)23-21(26)11-17-13-28-22-24-20(12-25(17)22)16-7-9-18(27-3)10-8-16;/h4-10,12-13H,11H2,1-3H3,(H,23,26);1H. The molecule has 2 heterocycles. The Morgan fingerprint density at radius 1 is 1.17 bits per heavy atom. The van der Waals surface area contributed by atoms with E-state index in [9.17, 15) is 4.79 Å². The number of amides is 1. The van der Waals surface area contributed by atoms with Gasteiger partial charge in [-0.3, -0.25) is 9.20 Å². The van der Waals surface area contributed by atoms with E-state index in [1.54, 1.807) is 7.11 Å². The monoisotopic (exact) mass is 427 g/mol. The van der Waals surface area contributed by atoms with Crippen molar-refractivity contribution in [2.24, 2.45) is 0 Å². The van der Waals surface area contributed by atoms with Gasteiger partial charge in [0.15, 0.2) is 4.96 Å². The van der Waals surface area contributed by atoms with E-state index in [0.717, 1.165) is 44.5 Å². The summed E-state index contributed by atoms with van der Waals surface area (Å²) in [5.74, 6) is 0.779. The zero-order valence-electron chi connectivity index (χ0n) is 16.4. The Hall–Kier alpha value is -2.83. The molecule has 29 heavy (non-hydrogen) atoms. The number of methoxy groups -OCH3 is 1. The molecule has 7 heteroatoms. The molecule has 1 N–H and O–H groups in total. The van der Waals surface area contributed by atoms with Gasteiger partial charge in [0, 0.05) is 28.5 Å². The van der Waals surface area contributed by atoms with Crippen LogP contribution in [-0.4, -0.2) is 22.4 Å². The van der Waals surface area contributed by atoms with E-state index < -0.39 is 0 Å². The normalized spacial score (nSPS) is 10.6. The Morgan fingerprint density at radius 3 is 2.66 bits per heavy atom. The molecule has 0 aliphatic rings. The lowest BCUT2D eigenvalue weighted by molar-refractivity contribution is -0.115. The average Bonchev–Trinajstić information content (AvgIpc) is 3.27. The molecule has 5 nitrogen and oxygen atoms in total. The van der Waals surface area contributed by atoms with Gasteiger partial charge in [0.1, 0.15) is 5.75 Å². The van der Waals surface area contributed by atoms with Crippen LogP contribution in [0.5, 0.6) is 5.75 Å². The summed E-state index contributed by atoms with van der Waals surface area (Å²) in [5, 5.41) is 5.01. The maximum atomic E-state index is 12.6. The number of imidazole rings is 1. The molecule has 0 fully saturated rings. The number of aryl methyl sites for hydroxylation is 1. The third kappa shape index (κ3) is 4.28. The number of rotatable bonds is 5. The maximum Gasteiger partial charge on any atom is 0.230 e. The molecule has 1 amide bonds. The summed E-state index contributed by atoms with van der Waals surface area (Å²) in [7, 11) is 1.65. The number of anilines is 1. The number of nitrogens with one attached hydrogen (secondary N) is 1. The molecule has 0 saturated carbocycles. The third-order valence-corrected chi connectivity index (χ3v) is 5.78. The molecule has 0 atom stereocenters. The minimum Gasteiger partial charge on any atom is -0.497 e. The molecule has 0 aliphatic carbocycles. The Morgan fingerprint density at radius 2 is 1.93 bits per heavy atom. The summed E-state index contributed by atoms with van der Waals surface area (Å²) in [6.45, 7) is 4.06. The van der Waals surface area contributed by atoms with Gasteiger partial charge in [-0.05, 0) is 55.3 Å². The fourth-order valence-electron chi connectivity index (χ4n) is 3.10. The van der Waals surface area contributed by atoms with Gasteiger partial charge in [0.25, 0.3) is 0 Å². The van der Waals surface area contributed by atoms with E-state index in [1.165, 1.54) is 11.3 Å². The lowest BCUT2D eigenvalue weighted by Gasteiger charge is -2.10. The molecule has 2 aromatic heterocycles. The van der Waals surface area contributed by atoms with Crippen molar-refractivity contribution in [3.05, 3.63) is 70.9 Å². The first-order chi connectivity index (χ1) is 13.5. The second-order valence-corrected chi connectivity index (χ2v) is 7.54. The fraction of sp³-hybridized carbons (Fsp3) is 0.182. The van der Waals surface area contributed by atoms with Crippen molar-refractivity contribution >= 4 is 40.3 Å². The lowest BCUT2D eigenvalue weighted by atomic mass is 10.1. The number of fused-ring (bicyclic) bond motifs is 1. The van der Waals surface area contributed by atoms with Crippen molar-refractivity contribution in [3.8, 4) is 17.0 Å². The van der Waals surface area contributed by atoms with Crippen LogP contribution in [0.4, 0.5) is 5.69 Å². The summed E-state index contributed by atoms with van der Waals surface area (Å²) < 4.78 is 7.20. The van der Waals surface area contributed by atoms with Gasteiger partial charge in [0.2, 0.25) is 5.91 Å². The quantitative estimate of drug-likeness (QED) is 0.470. The van der Waals surface area contributed by atoms with Gasteiger partial charge >= 0.3 is 0 Å². The zero-order valence-corrected chi connectivity index (χ0v) is 18.1. The minimum absolute atomic E-state index is 0. The molecule has 0 spiro atoms. The van der Waals surface area contributed by atoms with Crippen LogP contribution in [0.15, 0.2) is 54.0 Å². The SMILES string of the molecule is COc1ccc(-c2cn3c(CC(=O)Nc4cccc(C)c4C)csc3n2)cc1.Cl. The molecule has 0 radical (unpaired) electrons. The molecule has 0 unspecified atom stereocenters. The Bertz CT molecular complexity index is 1150. The molecule has 0 saturated heterocycles. The highest BCUT2D eigenvalue weighted by molar-refractivity contribution is 7.15. The van der Waals surface area contributed by atoms with E-state index in [4.69, 9.17) is 4.74 Å².